The molecule has 0 unspecified atom stereocenters. The van der Waals surface area contributed by atoms with Gasteiger partial charge in [-0.2, -0.15) is 0 Å². The van der Waals surface area contributed by atoms with Gasteiger partial charge in [-0.15, -0.1) is 11.3 Å². The van der Waals surface area contributed by atoms with E-state index in [-0.39, 0.29) is 0 Å². The van der Waals surface area contributed by atoms with Crippen LogP contribution in [0.3, 0.4) is 0 Å². The average Bonchev–Trinajstić information content (AvgIpc) is 2.85. The lowest BCUT2D eigenvalue weighted by Crippen LogP contribution is -2.45. The number of aromatic nitrogens is 2. The Labute approximate surface area is 129 Å². The third kappa shape index (κ3) is 2.32. The Kier molecular flexibility index (Phi) is 3.34. The Morgan fingerprint density at radius 1 is 1.00 bits per heavy atom. The summed E-state index contributed by atoms with van der Waals surface area (Å²) in [6, 6.07) is 0. The zero-order valence-corrected chi connectivity index (χ0v) is 13.7. The van der Waals surface area contributed by atoms with Crippen LogP contribution in [0.2, 0.25) is 0 Å². The molecule has 0 atom stereocenters. The van der Waals surface area contributed by atoms with Crippen molar-refractivity contribution in [1.29, 1.82) is 0 Å². The van der Waals surface area contributed by atoms with Crippen LogP contribution in [0.5, 0.6) is 0 Å². The average molecular weight is 302 g/mol. The highest BCUT2D eigenvalue weighted by atomic mass is 32.1. The van der Waals surface area contributed by atoms with Crippen molar-refractivity contribution in [2.24, 2.45) is 0 Å². The van der Waals surface area contributed by atoms with Gasteiger partial charge in [0.05, 0.1) is 5.39 Å². The third-order valence-electron chi connectivity index (χ3n) is 4.71. The summed E-state index contributed by atoms with van der Waals surface area (Å²) in [6.07, 6.45) is 5.09. The lowest BCUT2D eigenvalue weighted by atomic mass is 9.97. The highest BCUT2D eigenvalue weighted by molar-refractivity contribution is 7.19. The number of nitrogens with zero attached hydrogens (tertiary/aromatic N) is 4. The molecule has 1 fully saturated rings. The van der Waals surface area contributed by atoms with E-state index >= 15 is 0 Å². The van der Waals surface area contributed by atoms with Crippen molar-refractivity contribution in [3.05, 3.63) is 16.3 Å². The molecule has 112 valence electrons. The molecular formula is C16H22N4S. The number of anilines is 1. The molecule has 1 saturated heterocycles. The predicted octanol–water partition coefficient (Wildman–Crippen LogP) is 2.63. The van der Waals surface area contributed by atoms with E-state index in [0.717, 1.165) is 32.0 Å². The van der Waals surface area contributed by atoms with Crippen LogP contribution < -0.4 is 4.90 Å². The van der Waals surface area contributed by atoms with Gasteiger partial charge in [0.2, 0.25) is 0 Å². The number of hydrogen-bond donors (Lipinski definition) is 0. The van der Waals surface area contributed by atoms with Crippen LogP contribution in [0.1, 0.15) is 29.1 Å². The summed E-state index contributed by atoms with van der Waals surface area (Å²) in [7, 11) is 2.20. The molecule has 0 radical (unpaired) electrons. The fourth-order valence-corrected chi connectivity index (χ4v) is 4.79. The van der Waals surface area contributed by atoms with Crippen molar-refractivity contribution in [3.8, 4) is 0 Å². The molecule has 0 spiro atoms. The Balaban J connectivity index is 1.85. The minimum Gasteiger partial charge on any atom is -0.353 e. The first-order valence-corrected chi connectivity index (χ1v) is 8.76. The number of thiophene rings is 1. The van der Waals surface area contributed by atoms with E-state index in [1.807, 2.05) is 18.3 Å². The van der Waals surface area contributed by atoms with Crippen molar-refractivity contribution < 1.29 is 0 Å². The second kappa shape index (κ2) is 5.21. The highest BCUT2D eigenvalue weighted by Crippen LogP contribution is 2.39. The smallest absolute Gasteiger partial charge is 0.141 e. The van der Waals surface area contributed by atoms with E-state index in [1.54, 1.807) is 10.4 Å². The van der Waals surface area contributed by atoms with Gasteiger partial charge in [0.15, 0.2) is 0 Å². The van der Waals surface area contributed by atoms with Gasteiger partial charge in [-0.25, -0.2) is 9.97 Å². The summed E-state index contributed by atoms with van der Waals surface area (Å²) in [4.78, 5) is 17.2. The molecule has 1 aliphatic carbocycles. The summed E-state index contributed by atoms with van der Waals surface area (Å²) in [5.41, 5.74) is 1.55. The van der Waals surface area contributed by atoms with E-state index in [9.17, 15) is 0 Å². The zero-order chi connectivity index (χ0) is 14.4. The third-order valence-corrected chi connectivity index (χ3v) is 5.90. The SMILES string of the molecule is Cc1nc(N2CCN(C)CC2)c2c3c(sc2n1)CCCC3. The molecule has 0 N–H and O–H groups in total. The summed E-state index contributed by atoms with van der Waals surface area (Å²) in [6.45, 7) is 6.42. The Morgan fingerprint density at radius 3 is 2.57 bits per heavy atom. The van der Waals surface area contributed by atoms with Crippen LogP contribution in [0.4, 0.5) is 5.82 Å². The van der Waals surface area contributed by atoms with Crippen molar-refractivity contribution in [2.45, 2.75) is 32.6 Å². The zero-order valence-electron chi connectivity index (χ0n) is 12.9. The second-order valence-electron chi connectivity index (χ2n) is 6.28. The molecule has 0 saturated carbocycles. The Hall–Kier alpha value is -1.20. The highest BCUT2D eigenvalue weighted by Gasteiger charge is 2.24. The fraction of sp³-hybridized carbons (Fsp3) is 0.625. The number of fused-ring (bicyclic) bond motifs is 3. The molecule has 2 aromatic heterocycles. The first-order valence-electron chi connectivity index (χ1n) is 7.95. The lowest BCUT2D eigenvalue weighted by Gasteiger charge is -2.33. The Morgan fingerprint density at radius 2 is 1.76 bits per heavy atom. The van der Waals surface area contributed by atoms with E-state index in [1.165, 1.54) is 41.7 Å². The summed E-state index contributed by atoms with van der Waals surface area (Å²) in [5.74, 6) is 2.11. The van der Waals surface area contributed by atoms with Crippen molar-refractivity contribution in [2.75, 3.05) is 38.1 Å². The molecule has 4 nitrogen and oxygen atoms in total. The lowest BCUT2D eigenvalue weighted by molar-refractivity contribution is 0.312. The number of rotatable bonds is 1. The van der Waals surface area contributed by atoms with Crippen LogP contribution in [0.15, 0.2) is 0 Å². The summed E-state index contributed by atoms with van der Waals surface area (Å²) >= 11 is 1.90. The van der Waals surface area contributed by atoms with Crippen LogP contribution in [0, 0.1) is 6.92 Å². The maximum absolute atomic E-state index is 4.83. The quantitative estimate of drug-likeness (QED) is 0.810. The molecule has 4 rings (SSSR count). The molecule has 0 bridgehead atoms. The summed E-state index contributed by atoms with van der Waals surface area (Å²) in [5, 5.41) is 1.37. The van der Waals surface area contributed by atoms with Gasteiger partial charge in [-0.1, -0.05) is 0 Å². The molecule has 1 aliphatic heterocycles. The number of piperazine rings is 1. The van der Waals surface area contributed by atoms with Gasteiger partial charge in [0, 0.05) is 31.1 Å². The van der Waals surface area contributed by atoms with Crippen LogP contribution >= 0.6 is 11.3 Å². The molecule has 5 heteroatoms. The molecule has 0 amide bonds. The Bertz CT molecular complexity index is 670. The molecule has 2 aliphatic rings. The molecule has 3 heterocycles. The minimum absolute atomic E-state index is 0.912. The van der Waals surface area contributed by atoms with Crippen molar-refractivity contribution in [1.82, 2.24) is 14.9 Å². The molecule has 0 aromatic carbocycles. The van der Waals surface area contributed by atoms with Crippen molar-refractivity contribution in [3.63, 3.8) is 0 Å². The maximum Gasteiger partial charge on any atom is 0.141 e. The van der Waals surface area contributed by atoms with Gasteiger partial charge in [-0.05, 0) is 45.2 Å². The monoisotopic (exact) mass is 302 g/mol. The van der Waals surface area contributed by atoms with E-state index < -0.39 is 0 Å². The van der Waals surface area contributed by atoms with Crippen LogP contribution in [0.25, 0.3) is 10.2 Å². The van der Waals surface area contributed by atoms with E-state index in [2.05, 4.69) is 16.8 Å². The second-order valence-corrected chi connectivity index (χ2v) is 7.36. The standard InChI is InChI=1S/C16H22N4S/c1-11-17-15(20-9-7-19(2)8-10-20)14-12-5-3-4-6-13(12)21-16(14)18-11/h3-10H2,1-2H3. The van der Waals surface area contributed by atoms with Gasteiger partial charge in [-0.3, -0.25) is 0 Å². The number of hydrogen-bond acceptors (Lipinski definition) is 5. The normalized spacial score (nSPS) is 20.0. The molecular weight excluding hydrogens is 280 g/mol. The van der Waals surface area contributed by atoms with Crippen LogP contribution in [-0.2, 0) is 12.8 Å². The molecule has 21 heavy (non-hydrogen) atoms. The number of aryl methyl sites for hydroxylation is 3. The molecule has 2 aromatic rings. The summed E-state index contributed by atoms with van der Waals surface area (Å²) < 4.78 is 0. The topological polar surface area (TPSA) is 32.3 Å². The van der Waals surface area contributed by atoms with Crippen molar-refractivity contribution >= 4 is 27.4 Å². The fourth-order valence-electron chi connectivity index (χ4n) is 3.49. The number of likely N-dealkylation sites (N-methyl/N-ethyl adjacent to an activating group) is 1. The first-order chi connectivity index (χ1) is 10.2. The van der Waals surface area contributed by atoms with Gasteiger partial charge >= 0.3 is 0 Å². The predicted molar refractivity (Wildman–Crippen MR) is 88.5 cm³/mol. The van der Waals surface area contributed by atoms with E-state index in [4.69, 9.17) is 9.97 Å². The van der Waals surface area contributed by atoms with Gasteiger partial charge in [0.1, 0.15) is 16.5 Å². The van der Waals surface area contributed by atoms with Gasteiger partial charge < -0.3 is 9.80 Å². The van der Waals surface area contributed by atoms with E-state index in [0.29, 0.717) is 0 Å². The van der Waals surface area contributed by atoms with Crippen LogP contribution in [-0.4, -0.2) is 48.1 Å². The first kappa shape index (κ1) is 13.5. The largest absolute Gasteiger partial charge is 0.353 e. The maximum atomic E-state index is 4.83. The van der Waals surface area contributed by atoms with Gasteiger partial charge in [0.25, 0.3) is 0 Å². The minimum atomic E-state index is 0.912.